The molecule has 4 atom stereocenters. The van der Waals surface area contributed by atoms with E-state index in [1.165, 1.54) is 12.8 Å². The summed E-state index contributed by atoms with van der Waals surface area (Å²) in [6.45, 7) is 4.14. The van der Waals surface area contributed by atoms with Crippen molar-refractivity contribution in [3.05, 3.63) is 0 Å². The second-order valence-electron chi connectivity index (χ2n) is 6.33. The maximum atomic E-state index is 12.0. The predicted molar refractivity (Wildman–Crippen MR) is 69.2 cm³/mol. The van der Waals surface area contributed by atoms with Crippen LogP contribution in [0.2, 0.25) is 0 Å². The lowest BCUT2D eigenvalue weighted by Gasteiger charge is -2.16. The zero-order chi connectivity index (χ0) is 12.7. The van der Waals surface area contributed by atoms with E-state index in [0.29, 0.717) is 18.2 Å². The van der Waals surface area contributed by atoms with Crippen molar-refractivity contribution >= 4 is 5.91 Å². The Kier molecular flexibility index (Phi) is 3.32. The van der Waals surface area contributed by atoms with Crippen molar-refractivity contribution in [2.45, 2.75) is 76.3 Å². The second kappa shape index (κ2) is 4.82. The first-order valence-electron chi connectivity index (χ1n) is 7.35. The molecule has 1 heterocycles. The van der Waals surface area contributed by atoms with Crippen LogP contribution in [0, 0.1) is 5.92 Å². The molecule has 4 nitrogen and oxygen atoms in total. The monoisotopic (exact) mass is 252 g/mol. The highest BCUT2D eigenvalue weighted by molar-refractivity contribution is 5.86. The number of hydrogen-bond donors (Lipinski definition) is 2. The number of carbonyl (C=O) groups is 1. The summed E-state index contributed by atoms with van der Waals surface area (Å²) in [6, 6.07) is 0.903. The Labute approximate surface area is 109 Å². The molecule has 0 unspecified atom stereocenters. The fourth-order valence-electron chi connectivity index (χ4n) is 3.12. The SMILES string of the molecule is CC(C)O[C@@H]1CC[C@@H](NC(=O)[C@@H]2N[C@H]2C2CC2)C1. The lowest BCUT2D eigenvalue weighted by Crippen LogP contribution is -2.37. The smallest absolute Gasteiger partial charge is 0.238 e. The first-order chi connectivity index (χ1) is 8.63. The molecule has 4 heteroatoms. The van der Waals surface area contributed by atoms with E-state index in [1.54, 1.807) is 0 Å². The molecular formula is C14H24N2O2. The van der Waals surface area contributed by atoms with Crippen LogP contribution in [0.3, 0.4) is 0 Å². The summed E-state index contributed by atoms with van der Waals surface area (Å²) in [5.41, 5.74) is 0. The molecule has 1 saturated heterocycles. The average molecular weight is 252 g/mol. The molecule has 18 heavy (non-hydrogen) atoms. The normalized spacial score (nSPS) is 39.1. The molecule has 0 aromatic rings. The Morgan fingerprint density at radius 1 is 1.28 bits per heavy atom. The van der Waals surface area contributed by atoms with Gasteiger partial charge < -0.3 is 10.1 Å². The first-order valence-corrected chi connectivity index (χ1v) is 7.35. The molecule has 2 saturated carbocycles. The van der Waals surface area contributed by atoms with Crippen LogP contribution in [0.4, 0.5) is 0 Å². The molecule has 1 amide bonds. The summed E-state index contributed by atoms with van der Waals surface area (Å²) in [5, 5.41) is 6.48. The van der Waals surface area contributed by atoms with Crippen LogP contribution in [-0.2, 0) is 9.53 Å². The van der Waals surface area contributed by atoms with Crippen LogP contribution in [0.5, 0.6) is 0 Å². The van der Waals surface area contributed by atoms with Gasteiger partial charge >= 0.3 is 0 Å². The Morgan fingerprint density at radius 3 is 2.72 bits per heavy atom. The zero-order valence-corrected chi connectivity index (χ0v) is 11.3. The fraction of sp³-hybridized carbons (Fsp3) is 0.929. The van der Waals surface area contributed by atoms with Crippen LogP contribution < -0.4 is 10.6 Å². The van der Waals surface area contributed by atoms with E-state index in [-0.39, 0.29) is 18.1 Å². The van der Waals surface area contributed by atoms with Gasteiger partial charge in [-0.15, -0.1) is 0 Å². The lowest BCUT2D eigenvalue weighted by molar-refractivity contribution is -0.121. The molecule has 1 aliphatic heterocycles. The van der Waals surface area contributed by atoms with Gasteiger partial charge in [-0.25, -0.2) is 0 Å². The molecule has 3 aliphatic rings. The van der Waals surface area contributed by atoms with E-state index in [0.717, 1.165) is 25.2 Å². The number of nitrogens with one attached hydrogen (secondary N) is 2. The van der Waals surface area contributed by atoms with Crippen molar-refractivity contribution in [3.63, 3.8) is 0 Å². The molecule has 3 fully saturated rings. The van der Waals surface area contributed by atoms with E-state index in [9.17, 15) is 4.79 Å². The molecule has 0 aromatic carbocycles. The van der Waals surface area contributed by atoms with Crippen LogP contribution in [0.1, 0.15) is 46.0 Å². The summed E-state index contributed by atoms with van der Waals surface area (Å²) < 4.78 is 5.80. The van der Waals surface area contributed by atoms with E-state index in [4.69, 9.17) is 4.74 Å². The third kappa shape index (κ3) is 2.86. The van der Waals surface area contributed by atoms with Crippen LogP contribution in [0.25, 0.3) is 0 Å². The standard InChI is InChI=1S/C14H24N2O2/c1-8(2)18-11-6-5-10(7-11)15-14(17)13-12(16-13)9-3-4-9/h8-13,16H,3-7H2,1-2H3,(H,15,17)/t10-,11-,12+,13-/m1/s1. The first kappa shape index (κ1) is 12.4. The van der Waals surface area contributed by atoms with Gasteiger partial charge in [0.05, 0.1) is 12.2 Å². The van der Waals surface area contributed by atoms with Crippen LogP contribution in [0.15, 0.2) is 0 Å². The van der Waals surface area contributed by atoms with E-state index >= 15 is 0 Å². The van der Waals surface area contributed by atoms with E-state index in [2.05, 4.69) is 24.5 Å². The average Bonchev–Trinajstić information content (AvgIpc) is 3.17. The molecule has 0 aromatic heterocycles. The minimum atomic E-state index is 0.0996. The molecule has 0 spiro atoms. The molecule has 102 valence electrons. The predicted octanol–water partition coefficient (Wildman–Crippen LogP) is 1.20. The topological polar surface area (TPSA) is 60.3 Å². The van der Waals surface area contributed by atoms with Crippen molar-refractivity contribution in [2.75, 3.05) is 0 Å². The van der Waals surface area contributed by atoms with Crippen molar-refractivity contribution in [1.82, 2.24) is 10.6 Å². The van der Waals surface area contributed by atoms with Gasteiger partial charge in [0.2, 0.25) is 5.91 Å². The third-order valence-corrected chi connectivity index (χ3v) is 4.23. The molecule has 0 radical (unpaired) electrons. The zero-order valence-electron chi connectivity index (χ0n) is 11.3. The number of rotatable bonds is 5. The van der Waals surface area contributed by atoms with Crippen LogP contribution >= 0.6 is 0 Å². The largest absolute Gasteiger partial charge is 0.375 e. The quantitative estimate of drug-likeness (QED) is 0.723. The maximum absolute atomic E-state index is 12.0. The fourth-order valence-corrected chi connectivity index (χ4v) is 3.12. The lowest BCUT2D eigenvalue weighted by atomic mass is 10.2. The number of amides is 1. The van der Waals surface area contributed by atoms with Crippen LogP contribution in [-0.4, -0.2) is 36.2 Å². The minimum Gasteiger partial charge on any atom is -0.375 e. The molecule has 2 N–H and O–H groups in total. The van der Waals surface area contributed by atoms with Crippen molar-refractivity contribution in [3.8, 4) is 0 Å². The van der Waals surface area contributed by atoms with Crippen molar-refractivity contribution in [2.24, 2.45) is 5.92 Å². The van der Waals surface area contributed by atoms with Gasteiger partial charge in [0.25, 0.3) is 0 Å². The molecule has 3 rings (SSSR count). The Bertz CT molecular complexity index is 328. The molecule has 0 bridgehead atoms. The van der Waals surface area contributed by atoms with Gasteiger partial charge in [-0.05, 0) is 51.9 Å². The highest BCUT2D eigenvalue weighted by atomic mass is 16.5. The summed E-state index contributed by atoms with van der Waals surface area (Å²) >= 11 is 0. The van der Waals surface area contributed by atoms with Gasteiger partial charge in [-0.1, -0.05) is 0 Å². The van der Waals surface area contributed by atoms with Gasteiger partial charge in [-0.2, -0.15) is 0 Å². The second-order valence-corrected chi connectivity index (χ2v) is 6.33. The summed E-state index contributed by atoms with van der Waals surface area (Å²) in [5.74, 6) is 0.989. The Morgan fingerprint density at radius 2 is 2.06 bits per heavy atom. The van der Waals surface area contributed by atoms with E-state index in [1.807, 2.05) is 0 Å². The number of ether oxygens (including phenoxy) is 1. The highest BCUT2D eigenvalue weighted by Crippen LogP contribution is 2.39. The van der Waals surface area contributed by atoms with Gasteiger partial charge in [-0.3, -0.25) is 10.1 Å². The maximum Gasteiger partial charge on any atom is 0.238 e. The summed E-state index contributed by atoms with van der Waals surface area (Å²) in [6.07, 6.45) is 6.34. The number of carbonyl (C=O) groups excluding carboxylic acids is 1. The molecular weight excluding hydrogens is 228 g/mol. The third-order valence-electron chi connectivity index (χ3n) is 4.23. The Hall–Kier alpha value is -0.610. The minimum absolute atomic E-state index is 0.0996. The van der Waals surface area contributed by atoms with Crippen molar-refractivity contribution in [1.29, 1.82) is 0 Å². The van der Waals surface area contributed by atoms with Gasteiger partial charge in [0.1, 0.15) is 6.04 Å². The van der Waals surface area contributed by atoms with Crippen molar-refractivity contribution < 1.29 is 9.53 Å². The highest BCUT2D eigenvalue weighted by Gasteiger charge is 2.51. The summed E-state index contributed by atoms with van der Waals surface area (Å²) in [7, 11) is 0. The van der Waals surface area contributed by atoms with Gasteiger partial charge in [0.15, 0.2) is 0 Å². The molecule has 2 aliphatic carbocycles. The van der Waals surface area contributed by atoms with Gasteiger partial charge in [0, 0.05) is 12.1 Å². The summed E-state index contributed by atoms with van der Waals surface area (Å²) in [4.78, 5) is 12.0. The number of hydrogen-bond acceptors (Lipinski definition) is 3. The van der Waals surface area contributed by atoms with E-state index < -0.39 is 0 Å². The Balaban J connectivity index is 1.39.